The van der Waals surface area contributed by atoms with Gasteiger partial charge in [0.2, 0.25) is 0 Å². The molecule has 0 unspecified atom stereocenters. The lowest BCUT2D eigenvalue weighted by Crippen LogP contribution is -2.32. The lowest BCUT2D eigenvalue weighted by molar-refractivity contribution is -0.117. The van der Waals surface area contributed by atoms with Gasteiger partial charge in [-0.2, -0.15) is 0 Å². The first-order valence-corrected chi connectivity index (χ1v) is 5.10. The topological polar surface area (TPSA) is 116 Å². The van der Waals surface area contributed by atoms with E-state index in [0.717, 1.165) is 0 Å². The molecule has 0 saturated carbocycles. The third-order valence-electron chi connectivity index (χ3n) is 1.70. The zero-order chi connectivity index (χ0) is 10.2. The van der Waals surface area contributed by atoms with Crippen LogP contribution in [0.15, 0.2) is 0 Å². The summed E-state index contributed by atoms with van der Waals surface area (Å²) in [7, 11) is -4.70. The van der Waals surface area contributed by atoms with E-state index in [4.69, 9.17) is 24.7 Å². The Hall–Kier alpha value is -0.0100. The highest BCUT2D eigenvalue weighted by Gasteiger charge is 2.43. The highest BCUT2D eigenvalue weighted by molar-refractivity contribution is 7.46. The Bertz CT molecular complexity index is 225. The Morgan fingerprint density at radius 1 is 1.31 bits per heavy atom. The van der Waals surface area contributed by atoms with Crippen molar-refractivity contribution in [1.29, 1.82) is 0 Å². The number of hydrogen-bond donors (Lipinski definition) is 4. The van der Waals surface area contributed by atoms with Crippen LogP contribution in [0.25, 0.3) is 0 Å². The predicted octanol–water partition coefficient (Wildman–Crippen LogP) is -1.44. The summed E-state index contributed by atoms with van der Waals surface area (Å²) in [6, 6.07) is 0. The van der Waals surface area contributed by atoms with Crippen LogP contribution in [0.4, 0.5) is 0 Å². The SMILES string of the molecule is C[C@H]1O[C@H](OP(=O)(O)O)[C@H](O)[C@@H]1O. The largest absolute Gasteiger partial charge is 0.472 e. The molecule has 1 aliphatic heterocycles. The van der Waals surface area contributed by atoms with Gasteiger partial charge in [-0.1, -0.05) is 0 Å². The van der Waals surface area contributed by atoms with Crippen molar-refractivity contribution >= 4 is 7.82 Å². The molecule has 0 radical (unpaired) electrons. The van der Waals surface area contributed by atoms with E-state index in [0.29, 0.717) is 0 Å². The molecule has 0 aromatic rings. The van der Waals surface area contributed by atoms with Gasteiger partial charge in [-0.3, -0.25) is 4.52 Å². The van der Waals surface area contributed by atoms with E-state index < -0.39 is 32.4 Å². The van der Waals surface area contributed by atoms with E-state index in [1.807, 2.05) is 0 Å². The van der Waals surface area contributed by atoms with Crippen molar-refractivity contribution in [3.8, 4) is 0 Å². The van der Waals surface area contributed by atoms with Crippen LogP contribution in [0.5, 0.6) is 0 Å². The van der Waals surface area contributed by atoms with Gasteiger partial charge in [0.25, 0.3) is 0 Å². The molecule has 4 atom stereocenters. The van der Waals surface area contributed by atoms with E-state index in [2.05, 4.69) is 4.52 Å². The molecule has 0 amide bonds. The second-order valence-corrected chi connectivity index (χ2v) is 3.98. The van der Waals surface area contributed by atoms with E-state index in [1.165, 1.54) is 6.92 Å². The van der Waals surface area contributed by atoms with Gasteiger partial charge in [0.1, 0.15) is 12.2 Å². The Kier molecular flexibility index (Phi) is 3.09. The normalized spacial score (nSPS) is 41.0. The molecule has 0 aromatic heterocycles. The summed E-state index contributed by atoms with van der Waals surface area (Å²) in [5, 5.41) is 18.3. The summed E-state index contributed by atoms with van der Waals surface area (Å²) in [6.45, 7) is 1.46. The molecule has 1 heterocycles. The number of phosphoric ester groups is 1. The molecule has 0 bridgehead atoms. The molecular weight excluding hydrogens is 203 g/mol. The van der Waals surface area contributed by atoms with Gasteiger partial charge in [-0.15, -0.1) is 0 Å². The molecule has 0 spiro atoms. The first-order chi connectivity index (χ1) is 5.81. The fraction of sp³-hybridized carbons (Fsp3) is 1.00. The number of aliphatic hydroxyl groups excluding tert-OH is 2. The summed E-state index contributed by atoms with van der Waals surface area (Å²) in [6.07, 6.45) is -4.84. The second-order valence-electron chi connectivity index (χ2n) is 2.79. The highest BCUT2D eigenvalue weighted by atomic mass is 31.2. The molecule has 7 nitrogen and oxygen atoms in total. The zero-order valence-corrected chi connectivity index (χ0v) is 7.66. The molecular formula is C5H11O7P. The number of aliphatic hydroxyl groups is 2. The maximum Gasteiger partial charge on any atom is 0.472 e. The summed E-state index contributed by atoms with van der Waals surface area (Å²) in [5.41, 5.74) is 0. The fourth-order valence-corrected chi connectivity index (χ4v) is 1.48. The fourth-order valence-electron chi connectivity index (χ4n) is 1.03. The first-order valence-electron chi connectivity index (χ1n) is 3.57. The third-order valence-corrected chi connectivity index (χ3v) is 2.18. The molecule has 0 aromatic carbocycles. The van der Waals surface area contributed by atoms with Gasteiger partial charge < -0.3 is 24.7 Å². The number of hydrogen-bond acceptors (Lipinski definition) is 5. The molecule has 13 heavy (non-hydrogen) atoms. The molecule has 1 saturated heterocycles. The average Bonchev–Trinajstić information content (AvgIpc) is 2.15. The molecule has 1 aliphatic rings. The van der Waals surface area contributed by atoms with Crippen LogP contribution >= 0.6 is 7.82 Å². The minimum atomic E-state index is -4.70. The first kappa shape index (κ1) is 11.1. The van der Waals surface area contributed by atoms with Crippen LogP contribution in [-0.4, -0.2) is 44.6 Å². The van der Waals surface area contributed by atoms with Crippen LogP contribution in [0.2, 0.25) is 0 Å². The quantitative estimate of drug-likeness (QED) is 0.416. The lowest BCUT2D eigenvalue weighted by atomic mass is 10.2. The Morgan fingerprint density at radius 2 is 1.85 bits per heavy atom. The molecule has 0 aliphatic carbocycles. The minimum Gasteiger partial charge on any atom is -0.388 e. The van der Waals surface area contributed by atoms with Crippen molar-refractivity contribution in [2.45, 2.75) is 31.5 Å². The molecule has 1 fully saturated rings. The second kappa shape index (κ2) is 3.62. The summed E-state index contributed by atoms with van der Waals surface area (Å²) in [5.74, 6) is 0. The molecule has 1 rings (SSSR count). The standard InChI is InChI=1S/C5H11O7P/c1-2-3(6)4(7)5(11-2)12-13(8,9)10/h2-7H,1H3,(H2,8,9,10)/t2-,3-,4-,5-/m1/s1. The zero-order valence-electron chi connectivity index (χ0n) is 6.77. The van der Waals surface area contributed by atoms with Crippen molar-refractivity contribution in [2.75, 3.05) is 0 Å². The van der Waals surface area contributed by atoms with Crippen LogP contribution < -0.4 is 0 Å². The van der Waals surface area contributed by atoms with Crippen molar-refractivity contribution in [3.63, 3.8) is 0 Å². The smallest absolute Gasteiger partial charge is 0.388 e. The maximum absolute atomic E-state index is 10.3. The Labute approximate surface area is 74.1 Å². The van der Waals surface area contributed by atoms with Crippen LogP contribution in [0.1, 0.15) is 6.92 Å². The average molecular weight is 214 g/mol. The monoisotopic (exact) mass is 214 g/mol. The third kappa shape index (κ3) is 2.72. The maximum atomic E-state index is 10.3. The van der Waals surface area contributed by atoms with Gasteiger partial charge in [-0.25, -0.2) is 4.57 Å². The van der Waals surface area contributed by atoms with Gasteiger partial charge >= 0.3 is 7.82 Å². The predicted molar refractivity (Wildman–Crippen MR) is 39.5 cm³/mol. The van der Waals surface area contributed by atoms with Crippen molar-refractivity contribution in [1.82, 2.24) is 0 Å². The van der Waals surface area contributed by atoms with Crippen molar-refractivity contribution in [3.05, 3.63) is 0 Å². The van der Waals surface area contributed by atoms with Gasteiger partial charge in [0, 0.05) is 0 Å². The van der Waals surface area contributed by atoms with E-state index >= 15 is 0 Å². The van der Waals surface area contributed by atoms with Crippen molar-refractivity contribution < 1.29 is 33.8 Å². The lowest BCUT2D eigenvalue weighted by Gasteiger charge is -2.15. The van der Waals surface area contributed by atoms with Crippen LogP contribution in [0.3, 0.4) is 0 Å². The molecule has 8 heteroatoms. The van der Waals surface area contributed by atoms with E-state index in [-0.39, 0.29) is 0 Å². The molecule has 78 valence electrons. The highest BCUT2D eigenvalue weighted by Crippen LogP contribution is 2.40. The summed E-state index contributed by atoms with van der Waals surface area (Å²) in [4.78, 5) is 16.8. The Balaban J connectivity index is 2.59. The summed E-state index contributed by atoms with van der Waals surface area (Å²) >= 11 is 0. The van der Waals surface area contributed by atoms with Gasteiger partial charge in [-0.05, 0) is 6.92 Å². The minimum absolute atomic E-state index is 0.716. The van der Waals surface area contributed by atoms with Crippen molar-refractivity contribution in [2.24, 2.45) is 0 Å². The number of rotatable bonds is 2. The number of ether oxygens (including phenoxy) is 1. The van der Waals surface area contributed by atoms with Crippen LogP contribution in [-0.2, 0) is 13.8 Å². The van der Waals surface area contributed by atoms with E-state index in [1.54, 1.807) is 0 Å². The molecule has 4 N–H and O–H groups in total. The van der Waals surface area contributed by atoms with Gasteiger partial charge in [0.05, 0.1) is 6.10 Å². The summed E-state index contributed by atoms with van der Waals surface area (Å²) < 4.78 is 19.2. The number of phosphoric acid groups is 1. The van der Waals surface area contributed by atoms with Gasteiger partial charge in [0.15, 0.2) is 6.29 Å². The van der Waals surface area contributed by atoms with E-state index in [9.17, 15) is 4.57 Å². The van der Waals surface area contributed by atoms with Crippen LogP contribution in [0, 0.1) is 0 Å². The Morgan fingerprint density at radius 3 is 2.15 bits per heavy atom.